The van der Waals surface area contributed by atoms with Crippen molar-refractivity contribution < 1.29 is 14.3 Å². The van der Waals surface area contributed by atoms with Gasteiger partial charge in [0.2, 0.25) is 0 Å². The fourth-order valence-electron chi connectivity index (χ4n) is 2.65. The lowest BCUT2D eigenvalue weighted by Gasteiger charge is -2.35. The quantitative estimate of drug-likeness (QED) is 0.867. The number of esters is 1. The van der Waals surface area contributed by atoms with E-state index in [9.17, 15) is 4.79 Å². The van der Waals surface area contributed by atoms with Gasteiger partial charge in [0.1, 0.15) is 5.75 Å². The highest BCUT2D eigenvalue weighted by Gasteiger charge is 2.42. The molecule has 1 aliphatic rings. The molecule has 1 fully saturated rings. The van der Waals surface area contributed by atoms with Crippen LogP contribution >= 0.6 is 12.4 Å². The fraction of sp³-hybridized carbons (Fsp3) is 0.533. The monoisotopic (exact) mass is 299 g/mol. The summed E-state index contributed by atoms with van der Waals surface area (Å²) >= 11 is 0. The predicted octanol–water partition coefficient (Wildman–Crippen LogP) is 2.30. The first-order valence-electron chi connectivity index (χ1n) is 6.75. The number of benzene rings is 1. The topological polar surface area (TPSA) is 47.6 Å². The summed E-state index contributed by atoms with van der Waals surface area (Å²) in [5.41, 5.74) is 0.460. The maximum absolute atomic E-state index is 12.4. The van der Waals surface area contributed by atoms with Gasteiger partial charge in [-0.25, -0.2) is 0 Å². The Morgan fingerprint density at radius 2 is 2.05 bits per heavy atom. The number of hydrogen-bond acceptors (Lipinski definition) is 4. The highest BCUT2D eigenvalue weighted by Crippen LogP contribution is 2.36. The third-order valence-electron chi connectivity index (χ3n) is 3.75. The number of halogens is 1. The largest absolute Gasteiger partial charge is 0.497 e. The molecule has 5 heteroatoms. The van der Waals surface area contributed by atoms with Gasteiger partial charge in [-0.2, -0.15) is 0 Å². The number of carbonyl (C=O) groups excluding carboxylic acids is 1. The lowest BCUT2D eigenvalue weighted by Crippen LogP contribution is -2.46. The number of carbonyl (C=O) groups is 1. The number of methoxy groups -OCH3 is 1. The summed E-state index contributed by atoms with van der Waals surface area (Å²) in [4.78, 5) is 12.4. The molecule has 1 aromatic carbocycles. The van der Waals surface area contributed by atoms with Crippen molar-refractivity contribution in [3.05, 3.63) is 29.8 Å². The molecule has 1 saturated heterocycles. The maximum atomic E-state index is 12.4. The number of rotatable bonds is 4. The summed E-state index contributed by atoms with van der Waals surface area (Å²) in [6, 6.07) is 7.76. The van der Waals surface area contributed by atoms with Crippen LogP contribution in [0.4, 0.5) is 0 Å². The van der Waals surface area contributed by atoms with Gasteiger partial charge in [0.25, 0.3) is 0 Å². The van der Waals surface area contributed by atoms with Gasteiger partial charge in [-0.3, -0.25) is 4.79 Å². The SMILES string of the molecule is CCOC(=O)C1(c2cccc(OC)c2)CCNCC1.Cl. The molecule has 1 heterocycles. The Hall–Kier alpha value is -1.26. The molecule has 0 spiro atoms. The van der Waals surface area contributed by atoms with Crippen molar-refractivity contribution in [2.45, 2.75) is 25.2 Å². The van der Waals surface area contributed by atoms with Gasteiger partial charge >= 0.3 is 5.97 Å². The first-order valence-corrected chi connectivity index (χ1v) is 6.75. The molecule has 1 aromatic rings. The molecule has 1 aliphatic heterocycles. The van der Waals surface area contributed by atoms with Crippen molar-refractivity contribution in [1.82, 2.24) is 5.32 Å². The van der Waals surface area contributed by atoms with Gasteiger partial charge in [-0.15, -0.1) is 12.4 Å². The second kappa shape index (κ2) is 7.50. The first kappa shape index (κ1) is 16.8. The minimum absolute atomic E-state index is 0. The van der Waals surface area contributed by atoms with Gasteiger partial charge < -0.3 is 14.8 Å². The highest BCUT2D eigenvalue weighted by molar-refractivity contribution is 5.85. The normalized spacial score (nSPS) is 16.9. The molecule has 0 saturated carbocycles. The predicted molar refractivity (Wildman–Crippen MR) is 80.7 cm³/mol. The molecule has 0 atom stereocenters. The zero-order chi connectivity index (χ0) is 13.7. The van der Waals surface area contributed by atoms with Crippen LogP contribution in [0.5, 0.6) is 5.75 Å². The third-order valence-corrected chi connectivity index (χ3v) is 3.75. The smallest absolute Gasteiger partial charge is 0.316 e. The first-order chi connectivity index (χ1) is 9.23. The minimum Gasteiger partial charge on any atom is -0.497 e. The summed E-state index contributed by atoms with van der Waals surface area (Å²) in [6.45, 7) is 3.92. The number of nitrogens with one attached hydrogen (secondary N) is 1. The van der Waals surface area contributed by atoms with E-state index in [1.807, 2.05) is 31.2 Å². The summed E-state index contributed by atoms with van der Waals surface area (Å²) in [7, 11) is 1.64. The zero-order valence-electron chi connectivity index (χ0n) is 12.0. The van der Waals surface area contributed by atoms with Gasteiger partial charge in [0.05, 0.1) is 19.1 Å². The Bertz CT molecular complexity index is 444. The minimum atomic E-state index is -0.532. The van der Waals surface area contributed by atoms with E-state index < -0.39 is 5.41 Å². The molecular weight excluding hydrogens is 278 g/mol. The molecule has 0 aromatic heterocycles. The highest BCUT2D eigenvalue weighted by atomic mass is 35.5. The molecule has 0 unspecified atom stereocenters. The second-order valence-electron chi connectivity index (χ2n) is 4.78. The molecular formula is C15H22ClNO3. The van der Waals surface area contributed by atoms with Crippen LogP contribution in [-0.2, 0) is 14.9 Å². The lowest BCUT2D eigenvalue weighted by atomic mass is 9.73. The van der Waals surface area contributed by atoms with E-state index in [0.717, 1.165) is 37.2 Å². The van der Waals surface area contributed by atoms with Crippen molar-refractivity contribution in [3.63, 3.8) is 0 Å². The molecule has 4 nitrogen and oxygen atoms in total. The van der Waals surface area contributed by atoms with Crippen molar-refractivity contribution in [3.8, 4) is 5.75 Å². The van der Waals surface area contributed by atoms with E-state index >= 15 is 0 Å². The Morgan fingerprint density at radius 1 is 1.35 bits per heavy atom. The van der Waals surface area contributed by atoms with Crippen LogP contribution in [0.1, 0.15) is 25.3 Å². The van der Waals surface area contributed by atoms with Crippen molar-refractivity contribution in [2.75, 3.05) is 26.8 Å². The molecule has 20 heavy (non-hydrogen) atoms. The fourth-order valence-corrected chi connectivity index (χ4v) is 2.65. The molecule has 0 amide bonds. The van der Waals surface area contributed by atoms with E-state index in [-0.39, 0.29) is 18.4 Å². The third kappa shape index (κ3) is 3.25. The average Bonchev–Trinajstić information content (AvgIpc) is 2.48. The lowest BCUT2D eigenvalue weighted by molar-refractivity contribution is -0.151. The number of ether oxygens (including phenoxy) is 2. The molecule has 0 bridgehead atoms. The Labute approximate surface area is 126 Å². The van der Waals surface area contributed by atoms with Crippen molar-refractivity contribution >= 4 is 18.4 Å². The molecule has 1 N–H and O–H groups in total. The van der Waals surface area contributed by atoms with E-state index in [2.05, 4.69) is 5.32 Å². The maximum Gasteiger partial charge on any atom is 0.316 e. The Kier molecular flexibility index (Phi) is 6.30. The summed E-state index contributed by atoms with van der Waals surface area (Å²) in [5, 5.41) is 3.30. The molecule has 0 aliphatic carbocycles. The Morgan fingerprint density at radius 3 is 2.65 bits per heavy atom. The van der Waals surface area contributed by atoms with Crippen LogP contribution in [0, 0.1) is 0 Å². The van der Waals surface area contributed by atoms with Crippen LogP contribution in [0.3, 0.4) is 0 Å². The second-order valence-corrected chi connectivity index (χ2v) is 4.78. The number of piperidine rings is 1. The zero-order valence-corrected chi connectivity index (χ0v) is 12.8. The van der Waals surface area contributed by atoms with Crippen LogP contribution in [0.25, 0.3) is 0 Å². The number of hydrogen-bond donors (Lipinski definition) is 1. The van der Waals surface area contributed by atoms with E-state index in [0.29, 0.717) is 6.61 Å². The van der Waals surface area contributed by atoms with Crippen LogP contribution in [0.15, 0.2) is 24.3 Å². The summed E-state index contributed by atoms with van der Waals surface area (Å²) in [5.74, 6) is 0.657. The van der Waals surface area contributed by atoms with Gasteiger partial charge in [0.15, 0.2) is 0 Å². The van der Waals surface area contributed by atoms with Crippen LogP contribution in [0.2, 0.25) is 0 Å². The van der Waals surface area contributed by atoms with Gasteiger partial charge in [0, 0.05) is 0 Å². The van der Waals surface area contributed by atoms with Crippen molar-refractivity contribution in [1.29, 1.82) is 0 Å². The summed E-state index contributed by atoms with van der Waals surface area (Å²) < 4.78 is 10.6. The van der Waals surface area contributed by atoms with E-state index in [4.69, 9.17) is 9.47 Å². The average molecular weight is 300 g/mol. The molecule has 2 rings (SSSR count). The van der Waals surface area contributed by atoms with Gasteiger partial charge in [-0.1, -0.05) is 12.1 Å². The molecule has 0 radical (unpaired) electrons. The van der Waals surface area contributed by atoms with E-state index in [1.165, 1.54) is 0 Å². The van der Waals surface area contributed by atoms with Crippen LogP contribution < -0.4 is 10.1 Å². The molecule has 112 valence electrons. The van der Waals surface area contributed by atoms with Crippen molar-refractivity contribution in [2.24, 2.45) is 0 Å². The summed E-state index contributed by atoms with van der Waals surface area (Å²) in [6.07, 6.45) is 1.53. The van der Waals surface area contributed by atoms with E-state index in [1.54, 1.807) is 7.11 Å². The van der Waals surface area contributed by atoms with Gasteiger partial charge in [-0.05, 0) is 50.6 Å². The Balaban J connectivity index is 0.00000200. The van der Waals surface area contributed by atoms with Crippen LogP contribution in [-0.4, -0.2) is 32.8 Å². The standard InChI is InChI=1S/C15H21NO3.ClH/c1-3-19-14(17)15(7-9-16-10-8-15)12-5-4-6-13(11-12)18-2;/h4-6,11,16H,3,7-10H2,1-2H3;1H.